The van der Waals surface area contributed by atoms with Crippen LogP contribution in [0.4, 0.5) is 0 Å². The lowest BCUT2D eigenvalue weighted by Crippen LogP contribution is -2.12. The lowest BCUT2D eigenvalue weighted by atomic mass is 10.0. The third-order valence-electron chi connectivity index (χ3n) is 3.15. The third kappa shape index (κ3) is 1.54. The fourth-order valence-electron chi connectivity index (χ4n) is 2.35. The summed E-state index contributed by atoms with van der Waals surface area (Å²) >= 11 is 0. The van der Waals surface area contributed by atoms with Crippen molar-refractivity contribution in [3.05, 3.63) is 58.0 Å². The number of pyridine rings is 2. The van der Waals surface area contributed by atoms with Crippen LogP contribution in [0.15, 0.2) is 36.8 Å². The number of rotatable bonds is 0. The average molecular weight is 240 g/mol. The summed E-state index contributed by atoms with van der Waals surface area (Å²) in [6.45, 7) is 3.78. The number of nitrogens with zero attached hydrogens (tertiary/aromatic N) is 2. The molecule has 0 spiro atoms. The normalized spacial score (nSPS) is 11.2. The summed E-state index contributed by atoms with van der Waals surface area (Å²) in [5.41, 5.74) is 2.41. The molecule has 0 N–H and O–H groups in total. The zero-order valence-electron chi connectivity index (χ0n) is 10.2. The van der Waals surface area contributed by atoms with Gasteiger partial charge in [0.2, 0.25) is 12.4 Å². The van der Waals surface area contributed by atoms with Crippen molar-refractivity contribution in [2.75, 3.05) is 0 Å². The molecule has 0 aliphatic carbocycles. The maximum absolute atomic E-state index is 11.8. The monoisotopic (exact) mass is 240 g/mol. The van der Waals surface area contributed by atoms with E-state index in [1.54, 1.807) is 6.07 Å². The highest BCUT2D eigenvalue weighted by molar-refractivity contribution is 5.97. The van der Waals surface area contributed by atoms with Crippen LogP contribution in [0.1, 0.15) is 11.1 Å². The Kier molecular flexibility index (Phi) is 2.13. The summed E-state index contributed by atoms with van der Waals surface area (Å²) in [6.07, 6.45) is 4.56. The highest BCUT2D eigenvalue weighted by atomic mass is 16.5. The van der Waals surface area contributed by atoms with Crippen LogP contribution in [0.2, 0.25) is 0 Å². The van der Waals surface area contributed by atoms with Crippen molar-refractivity contribution in [2.24, 2.45) is 0 Å². The lowest BCUT2D eigenvalue weighted by Gasteiger charge is -2.16. The second kappa shape index (κ2) is 3.57. The number of fused-ring (bicyclic) bond motifs is 2. The molecule has 0 fully saturated rings. The van der Waals surface area contributed by atoms with E-state index in [1.165, 1.54) is 18.6 Å². The number of hydrogen-bond donors (Lipinski definition) is 0. The first-order valence-corrected chi connectivity index (χ1v) is 5.71. The Morgan fingerprint density at radius 3 is 2.67 bits per heavy atom. The Morgan fingerprint density at radius 1 is 1.11 bits per heavy atom. The van der Waals surface area contributed by atoms with Crippen molar-refractivity contribution in [3.63, 3.8) is 0 Å². The van der Waals surface area contributed by atoms with E-state index in [0.717, 1.165) is 36.4 Å². The summed E-state index contributed by atoms with van der Waals surface area (Å²) in [7, 11) is 0. The van der Waals surface area contributed by atoms with Crippen LogP contribution in [0.25, 0.3) is 21.7 Å². The molecule has 0 atom stereocenters. The van der Waals surface area contributed by atoms with Crippen LogP contribution in [0.5, 0.6) is 0 Å². The molecule has 3 rings (SSSR count). The standard InChI is InChI=1S/C14H12N2O2/c1-9-3-11-4-13-10(2)7-15(17)8-12(13)5-14(11)16(18)6-9/h3-8H,1-2H3. The predicted octanol–water partition coefficient (Wildman–Crippen LogP) is 2.67. The van der Waals surface area contributed by atoms with E-state index < -0.39 is 0 Å². The summed E-state index contributed by atoms with van der Waals surface area (Å²) < 4.78 is 1.62. The van der Waals surface area contributed by atoms with Gasteiger partial charge < -0.3 is 9.94 Å². The van der Waals surface area contributed by atoms with Crippen molar-refractivity contribution < 1.29 is 4.43 Å². The van der Waals surface area contributed by atoms with Gasteiger partial charge in [0.05, 0.1) is 9.81 Å². The molecule has 0 bridgehead atoms. The molecule has 0 aliphatic heterocycles. The molecule has 0 aliphatic rings. The van der Waals surface area contributed by atoms with Crippen molar-refractivity contribution in [1.29, 1.82) is 0 Å². The number of hydrogen-bond acceptors (Lipinski definition) is 2. The predicted molar refractivity (Wildman–Crippen MR) is 71.1 cm³/mol. The molecule has 0 saturated carbocycles. The van der Waals surface area contributed by atoms with Crippen molar-refractivity contribution in [2.45, 2.75) is 13.8 Å². The zero-order chi connectivity index (χ0) is 12.9. The maximum Gasteiger partial charge on any atom is 0.235 e. The number of aromatic nitrogens is 2. The van der Waals surface area contributed by atoms with E-state index in [9.17, 15) is 10.1 Å². The van der Waals surface area contributed by atoms with Crippen LogP contribution in [-0.4, -0.2) is 4.73 Å². The van der Waals surface area contributed by atoms with E-state index in [-0.39, 0.29) is 0 Å². The minimum atomic E-state index is 0.582. The zero-order valence-corrected chi connectivity index (χ0v) is 10.2. The van der Waals surface area contributed by atoms with Crippen LogP contribution in [0, 0.1) is 24.0 Å². The van der Waals surface area contributed by atoms with Gasteiger partial charge in [0, 0.05) is 22.2 Å². The molecule has 90 valence electrons. The number of benzene rings is 1. The molecule has 4 nitrogen and oxygen atoms in total. The Bertz CT molecular complexity index is 834. The van der Waals surface area contributed by atoms with Gasteiger partial charge in [-0.05, 0) is 48.4 Å². The van der Waals surface area contributed by atoms with Gasteiger partial charge in [0.25, 0.3) is 0 Å². The SMILES string of the molecule is Cc1cc2cc3c(C)c[n+](=O)cc3cc2n([O-])c1. The minimum Gasteiger partial charge on any atom is -0.806 e. The molecule has 0 saturated heterocycles. The van der Waals surface area contributed by atoms with Gasteiger partial charge in [-0.25, -0.2) is 0 Å². The highest BCUT2D eigenvalue weighted by Crippen LogP contribution is 2.24. The first-order valence-electron chi connectivity index (χ1n) is 5.71. The lowest BCUT2D eigenvalue weighted by molar-refractivity contribution is -0.493. The van der Waals surface area contributed by atoms with E-state index in [4.69, 9.17) is 0 Å². The van der Waals surface area contributed by atoms with E-state index in [2.05, 4.69) is 0 Å². The molecule has 0 radical (unpaired) electrons. The largest absolute Gasteiger partial charge is 0.806 e. The molecule has 2 heterocycles. The van der Waals surface area contributed by atoms with Gasteiger partial charge in [0.15, 0.2) is 0 Å². The molecule has 1 aromatic carbocycles. The fraction of sp³-hybridized carbons (Fsp3) is 0.143. The molecule has 0 amide bonds. The van der Waals surface area contributed by atoms with Crippen LogP contribution in [-0.2, 0) is 0 Å². The first kappa shape index (κ1) is 10.8. The Morgan fingerprint density at radius 2 is 1.89 bits per heavy atom. The van der Waals surface area contributed by atoms with E-state index >= 15 is 0 Å². The summed E-state index contributed by atoms with van der Waals surface area (Å²) in [6, 6.07) is 5.70. The second-order valence-corrected chi connectivity index (χ2v) is 4.64. The van der Waals surface area contributed by atoms with Gasteiger partial charge in [-0.15, -0.1) is 0 Å². The van der Waals surface area contributed by atoms with Gasteiger partial charge in [-0.3, -0.25) is 0 Å². The quantitative estimate of drug-likeness (QED) is 0.448. The van der Waals surface area contributed by atoms with E-state index in [1.807, 2.05) is 26.0 Å². The van der Waals surface area contributed by atoms with Crippen LogP contribution in [0.3, 0.4) is 0 Å². The molecule has 2 aromatic heterocycles. The third-order valence-corrected chi connectivity index (χ3v) is 3.15. The Hall–Kier alpha value is -2.36. The number of aryl methyl sites for hydroxylation is 2. The van der Waals surface area contributed by atoms with Crippen molar-refractivity contribution in [1.82, 2.24) is 4.73 Å². The maximum atomic E-state index is 11.8. The van der Waals surface area contributed by atoms with Crippen LogP contribution >= 0.6 is 0 Å². The molecule has 3 aromatic rings. The van der Waals surface area contributed by atoms with Gasteiger partial charge >= 0.3 is 0 Å². The fourth-order valence-corrected chi connectivity index (χ4v) is 2.35. The molecular weight excluding hydrogens is 228 g/mol. The minimum absolute atomic E-state index is 0.582. The van der Waals surface area contributed by atoms with Crippen LogP contribution < -0.4 is 4.43 Å². The van der Waals surface area contributed by atoms with Crippen molar-refractivity contribution >= 4 is 21.7 Å². The van der Waals surface area contributed by atoms with Gasteiger partial charge in [-0.1, -0.05) is 0 Å². The Labute approximate surface area is 103 Å². The molecule has 18 heavy (non-hydrogen) atoms. The summed E-state index contributed by atoms with van der Waals surface area (Å²) in [5.74, 6) is 0. The average Bonchev–Trinajstić information content (AvgIpc) is 2.27. The molecule has 0 unspecified atom stereocenters. The smallest absolute Gasteiger partial charge is 0.235 e. The summed E-state index contributed by atoms with van der Waals surface area (Å²) in [5, 5.41) is 14.5. The topological polar surface area (TPSA) is 51.0 Å². The second-order valence-electron chi connectivity index (χ2n) is 4.64. The molecule has 4 heteroatoms. The Balaban J connectivity index is 2.55. The first-order chi connectivity index (χ1) is 8.54. The highest BCUT2D eigenvalue weighted by Gasteiger charge is 2.07. The molecular formula is C14H12N2O2. The van der Waals surface area contributed by atoms with Gasteiger partial charge in [0.1, 0.15) is 0 Å². The van der Waals surface area contributed by atoms with E-state index in [0.29, 0.717) is 5.52 Å². The summed E-state index contributed by atoms with van der Waals surface area (Å²) in [4.78, 5) is 11.4. The van der Waals surface area contributed by atoms with Crippen molar-refractivity contribution in [3.8, 4) is 0 Å². The van der Waals surface area contributed by atoms with Gasteiger partial charge in [-0.2, -0.15) is 0 Å².